The zero-order valence-electron chi connectivity index (χ0n) is 18.7. The fraction of sp³-hybridized carbons (Fsp3) is 0.947. The first-order valence-electron chi connectivity index (χ1n) is 10.6. The molecule has 0 bridgehead atoms. The highest BCUT2D eigenvalue weighted by atomic mass is 127. The lowest BCUT2D eigenvalue weighted by Gasteiger charge is -2.08. The molecule has 0 aliphatic heterocycles. The maximum atomic E-state index is 10.1. The summed E-state index contributed by atoms with van der Waals surface area (Å²) in [5, 5.41) is 0. The number of hydrogen-bond acceptors (Lipinski definition) is 12. The van der Waals surface area contributed by atoms with Crippen LogP contribution in [0.4, 0.5) is 0 Å². The molecule has 0 atom stereocenters. The Kier molecular flexibility index (Phi) is 30.9. The molecule has 12 nitrogen and oxygen atoms in total. The van der Waals surface area contributed by atoms with Gasteiger partial charge in [-0.3, -0.25) is 0 Å². The SMILES string of the molecule is O=CCCOCCOCCOCCOCCOCCOCCOCCOCCNOOI. The van der Waals surface area contributed by atoms with Crippen molar-refractivity contribution in [2.45, 2.75) is 6.42 Å². The fourth-order valence-corrected chi connectivity index (χ4v) is 2.08. The van der Waals surface area contributed by atoms with Crippen molar-refractivity contribution in [3.63, 3.8) is 0 Å². The van der Waals surface area contributed by atoms with Crippen LogP contribution in [0.5, 0.6) is 0 Å². The molecular weight excluding hydrogens is 545 g/mol. The average Bonchev–Trinajstić information content (AvgIpc) is 2.81. The van der Waals surface area contributed by atoms with Gasteiger partial charge in [-0.05, 0) is 0 Å². The summed E-state index contributed by atoms with van der Waals surface area (Å²) in [5.74, 6) is 0. The Morgan fingerprint density at radius 2 is 0.812 bits per heavy atom. The van der Waals surface area contributed by atoms with Crippen LogP contribution >= 0.6 is 23.0 Å². The van der Waals surface area contributed by atoms with Gasteiger partial charge in [-0.1, -0.05) is 0 Å². The Balaban J connectivity index is 2.99. The molecule has 0 saturated carbocycles. The summed E-state index contributed by atoms with van der Waals surface area (Å²) in [7, 11) is 0. The second kappa shape index (κ2) is 31.0. The smallest absolute Gasteiger partial charge is 0.157 e. The normalized spacial score (nSPS) is 11.3. The number of hydrogen-bond donors (Lipinski definition) is 1. The number of rotatable bonds is 29. The number of halogens is 1. The predicted molar refractivity (Wildman–Crippen MR) is 121 cm³/mol. The highest BCUT2D eigenvalue weighted by Crippen LogP contribution is 1.86. The number of ether oxygens (including phenoxy) is 8. The molecule has 0 aliphatic carbocycles. The molecule has 0 aliphatic rings. The van der Waals surface area contributed by atoms with E-state index in [0.717, 1.165) is 6.29 Å². The second-order valence-electron chi connectivity index (χ2n) is 5.89. The Labute approximate surface area is 204 Å². The quantitative estimate of drug-likeness (QED) is 0.0434. The summed E-state index contributed by atoms with van der Waals surface area (Å²) in [6, 6.07) is 0. The van der Waals surface area contributed by atoms with E-state index in [2.05, 4.69) is 13.7 Å². The number of aldehydes is 1. The van der Waals surface area contributed by atoms with Gasteiger partial charge in [0.25, 0.3) is 0 Å². The van der Waals surface area contributed by atoms with Gasteiger partial charge in [0.1, 0.15) is 6.29 Å². The van der Waals surface area contributed by atoms with Crippen LogP contribution in [-0.4, -0.2) is 119 Å². The van der Waals surface area contributed by atoms with Crippen molar-refractivity contribution in [3.05, 3.63) is 0 Å². The topological polar surface area (TPSA) is 121 Å². The van der Waals surface area contributed by atoms with Crippen molar-refractivity contribution < 1.29 is 50.9 Å². The molecule has 0 radical (unpaired) electrons. The van der Waals surface area contributed by atoms with E-state index in [1.807, 2.05) is 0 Å². The lowest BCUT2D eigenvalue weighted by atomic mass is 10.5. The lowest BCUT2D eigenvalue weighted by molar-refractivity contribution is -0.224. The Morgan fingerprint density at radius 3 is 1.12 bits per heavy atom. The summed E-state index contributed by atoms with van der Waals surface area (Å²) in [5.41, 5.74) is 2.55. The zero-order valence-corrected chi connectivity index (χ0v) is 20.8. The molecule has 32 heavy (non-hydrogen) atoms. The summed E-state index contributed by atoms with van der Waals surface area (Å²) in [4.78, 5) is 14.6. The van der Waals surface area contributed by atoms with E-state index in [1.54, 1.807) is 23.0 Å². The third-order valence-corrected chi connectivity index (χ3v) is 3.60. The average molecular weight is 583 g/mol. The van der Waals surface area contributed by atoms with E-state index in [4.69, 9.17) is 37.9 Å². The van der Waals surface area contributed by atoms with Crippen molar-refractivity contribution in [3.8, 4) is 0 Å². The van der Waals surface area contributed by atoms with Crippen LogP contribution in [0.15, 0.2) is 0 Å². The van der Waals surface area contributed by atoms with Crippen molar-refractivity contribution in [2.24, 2.45) is 0 Å². The van der Waals surface area contributed by atoms with Gasteiger partial charge in [0, 0.05) is 13.0 Å². The van der Waals surface area contributed by atoms with Crippen LogP contribution in [0, 0.1) is 0 Å². The summed E-state index contributed by atoms with van der Waals surface area (Å²) >= 11 is 1.61. The number of carbonyl (C=O) groups excluding carboxylic acids is 1. The maximum Gasteiger partial charge on any atom is 0.157 e. The molecular formula is C19H38INO11. The van der Waals surface area contributed by atoms with Gasteiger partial charge in [0.15, 0.2) is 23.0 Å². The van der Waals surface area contributed by atoms with Crippen LogP contribution in [0.25, 0.3) is 0 Å². The molecule has 0 aromatic rings. The predicted octanol–water partition coefficient (Wildman–Crippen LogP) is 0.511. The van der Waals surface area contributed by atoms with Gasteiger partial charge >= 0.3 is 0 Å². The minimum atomic E-state index is 0.417. The third-order valence-electron chi connectivity index (χ3n) is 3.42. The van der Waals surface area contributed by atoms with Crippen molar-refractivity contribution in [2.75, 3.05) is 112 Å². The number of carbonyl (C=O) groups is 1. The highest BCUT2D eigenvalue weighted by Gasteiger charge is 1.95. The molecule has 0 saturated heterocycles. The minimum absolute atomic E-state index is 0.417. The van der Waals surface area contributed by atoms with Gasteiger partial charge in [0.2, 0.25) is 0 Å². The molecule has 0 unspecified atom stereocenters. The summed E-state index contributed by atoms with van der Waals surface area (Å²) in [6.07, 6.45) is 1.25. The van der Waals surface area contributed by atoms with Crippen LogP contribution in [0.2, 0.25) is 0 Å². The van der Waals surface area contributed by atoms with Gasteiger partial charge < -0.3 is 42.7 Å². The Bertz CT molecular complexity index is 359. The van der Waals surface area contributed by atoms with Crippen molar-refractivity contribution in [1.82, 2.24) is 5.48 Å². The highest BCUT2D eigenvalue weighted by molar-refractivity contribution is 14.1. The van der Waals surface area contributed by atoms with E-state index < -0.39 is 0 Å². The summed E-state index contributed by atoms with van der Waals surface area (Å²) < 4.78 is 47.1. The molecule has 0 spiro atoms. The molecule has 0 aromatic heterocycles. The molecule has 0 fully saturated rings. The summed E-state index contributed by atoms with van der Waals surface area (Å²) in [6.45, 7) is 8.54. The number of hydroxylamine groups is 1. The van der Waals surface area contributed by atoms with Crippen molar-refractivity contribution in [1.29, 1.82) is 0 Å². The molecule has 0 aromatic carbocycles. The largest absolute Gasteiger partial charge is 0.379 e. The Hall–Kier alpha value is -0.0400. The van der Waals surface area contributed by atoms with Gasteiger partial charge in [-0.2, -0.15) is 5.48 Å². The molecule has 13 heteroatoms. The first-order valence-corrected chi connectivity index (χ1v) is 11.5. The molecule has 192 valence electrons. The van der Waals surface area contributed by atoms with Crippen LogP contribution in [-0.2, 0) is 50.9 Å². The van der Waals surface area contributed by atoms with E-state index >= 15 is 0 Å². The standard InChI is InChI=1S/C19H38INO11/c20-31-32-21-2-5-24-7-9-26-11-13-28-15-17-30-19-18-29-16-14-27-12-10-25-8-6-23-4-1-3-22/h3,21H,1-2,4-19H2. The van der Waals surface area contributed by atoms with Gasteiger partial charge in [-0.25, -0.2) is 0 Å². The minimum Gasteiger partial charge on any atom is -0.379 e. The van der Waals surface area contributed by atoms with E-state index in [-0.39, 0.29) is 0 Å². The Morgan fingerprint density at radius 1 is 0.500 bits per heavy atom. The van der Waals surface area contributed by atoms with Crippen molar-refractivity contribution >= 4 is 29.3 Å². The second-order valence-corrected chi connectivity index (χ2v) is 6.25. The third kappa shape index (κ3) is 30.0. The number of nitrogens with one attached hydrogen (secondary N) is 1. The monoisotopic (exact) mass is 583 g/mol. The fourth-order valence-electron chi connectivity index (χ4n) is 1.95. The van der Waals surface area contributed by atoms with Gasteiger partial charge in [0.05, 0.1) is 106 Å². The van der Waals surface area contributed by atoms with E-state index in [9.17, 15) is 4.79 Å². The first kappa shape index (κ1) is 32.0. The van der Waals surface area contributed by atoms with Crippen LogP contribution in [0.1, 0.15) is 6.42 Å². The maximum absolute atomic E-state index is 10.1. The van der Waals surface area contributed by atoms with Crippen LogP contribution in [0.3, 0.4) is 0 Å². The first-order chi connectivity index (χ1) is 15.9. The lowest BCUT2D eigenvalue weighted by Crippen LogP contribution is -2.20. The van der Waals surface area contributed by atoms with Crippen LogP contribution < -0.4 is 5.48 Å². The zero-order chi connectivity index (χ0) is 23.2. The molecule has 1 N–H and O–H groups in total. The van der Waals surface area contributed by atoms with E-state index in [0.29, 0.717) is 119 Å². The molecule has 0 amide bonds. The van der Waals surface area contributed by atoms with Gasteiger partial charge in [-0.15, -0.1) is 8.21 Å². The molecule has 0 heterocycles. The van der Waals surface area contributed by atoms with E-state index in [1.165, 1.54) is 0 Å². The molecule has 0 rings (SSSR count).